The number of nitrogens with zero attached hydrogens (tertiary/aromatic N) is 2. The molecule has 3 heteroatoms. The van der Waals surface area contributed by atoms with Crippen LogP contribution in [0.5, 0.6) is 0 Å². The summed E-state index contributed by atoms with van der Waals surface area (Å²) < 4.78 is 0. The molecule has 2 aliphatic rings. The number of carbonyl (C=O) groups is 1. The van der Waals surface area contributed by atoms with E-state index in [2.05, 4.69) is 36.1 Å². The maximum atomic E-state index is 11.6. The normalized spacial score (nSPS) is 21.2. The Bertz CT molecular complexity index is 492. The fourth-order valence-electron chi connectivity index (χ4n) is 3.72. The van der Waals surface area contributed by atoms with Gasteiger partial charge in [0.1, 0.15) is 0 Å². The van der Waals surface area contributed by atoms with Crippen LogP contribution in [0.15, 0.2) is 24.3 Å². The third-order valence-corrected chi connectivity index (χ3v) is 5.07. The van der Waals surface area contributed by atoms with Crippen molar-refractivity contribution in [3.05, 3.63) is 35.4 Å². The van der Waals surface area contributed by atoms with E-state index in [1.807, 2.05) is 4.90 Å². The van der Waals surface area contributed by atoms with Crippen LogP contribution in [-0.4, -0.2) is 48.4 Å². The average Bonchev–Trinajstić information content (AvgIpc) is 2.92. The Morgan fingerprint density at radius 1 is 1.10 bits per heavy atom. The number of aryl methyl sites for hydroxylation is 1. The number of amides is 1. The smallest absolute Gasteiger partial charge is 0.222 e. The molecule has 2 aliphatic heterocycles. The molecule has 2 heterocycles. The molecule has 0 radical (unpaired) electrons. The quantitative estimate of drug-likeness (QED) is 0.850. The van der Waals surface area contributed by atoms with E-state index < -0.39 is 0 Å². The zero-order valence-electron chi connectivity index (χ0n) is 13.1. The standard InChI is InChI=1S/C18H26N2O/c1-15-5-2-3-6-17(15)16-8-11-19(12-9-16)13-14-20-10-4-7-18(20)21/h2-3,5-6,16H,4,7-14H2,1H3. The van der Waals surface area contributed by atoms with E-state index in [0.717, 1.165) is 38.4 Å². The molecule has 2 fully saturated rings. The number of benzene rings is 1. The Morgan fingerprint density at radius 2 is 1.86 bits per heavy atom. The van der Waals surface area contributed by atoms with Crippen molar-refractivity contribution < 1.29 is 4.79 Å². The lowest BCUT2D eigenvalue weighted by Crippen LogP contribution is -2.39. The molecule has 0 saturated carbocycles. The molecule has 114 valence electrons. The zero-order chi connectivity index (χ0) is 14.7. The van der Waals surface area contributed by atoms with Gasteiger partial charge in [0.2, 0.25) is 5.91 Å². The Balaban J connectivity index is 1.47. The van der Waals surface area contributed by atoms with Gasteiger partial charge in [0.15, 0.2) is 0 Å². The maximum Gasteiger partial charge on any atom is 0.222 e. The molecule has 2 saturated heterocycles. The minimum atomic E-state index is 0.352. The average molecular weight is 286 g/mol. The predicted octanol–water partition coefficient (Wildman–Crippen LogP) is 2.80. The van der Waals surface area contributed by atoms with Crippen molar-refractivity contribution in [1.82, 2.24) is 9.80 Å². The second kappa shape index (κ2) is 6.61. The summed E-state index contributed by atoms with van der Waals surface area (Å²) in [7, 11) is 0. The van der Waals surface area contributed by atoms with E-state index in [0.29, 0.717) is 5.91 Å². The van der Waals surface area contributed by atoms with Crippen molar-refractivity contribution in [2.75, 3.05) is 32.7 Å². The van der Waals surface area contributed by atoms with Gasteiger partial charge in [-0.25, -0.2) is 0 Å². The maximum absolute atomic E-state index is 11.6. The molecular formula is C18H26N2O. The highest BCUT2D eigenvalue weighted by atomic mass is 16.2. The number of carbonyl (C=O) groups excluding carboxylic acids is 1. The summed E-state index contributed by atoms with van der Waals surface area (Å²) in [6, 6.07) is 8.80. The van der Waals surface area contributed by atoms with Gasteiger partial charge in [-0.05, 0) is 56.3 Å². The Kier molecular flexibility index (Phi) is 4.59. The molecule has 0 bridgehead atoms. The number of piperidine rings is 1. The fourth-order valence-corrected chi connectivity index (χ4v) is 3.72. The van der Waals surface area contributed by atoms with Gasteiger partial charge in [0.05, 0.1) is 0 Å². The SMILES string of the molecule is Cc1ccccc1C1CCN(CCN2CCCC2=O)CC1. The van der Waals surface area contributed by atoms with Crippen molar-refractivity contribution in [1.29, 1.82) is 0 Å². The van der Waals surface area contributed by atoms with Gasteiger partial charge >= 0.3 is 0 Å². The zero-order valence-corrected chi connectivity index (χ0v) is 13.1. The molecule has 0 aromatic heterocycles. The minimum absolute atomic E-state index is 0.352. The van der Waals surface area contributed by atoms with Gasteiger partial charge in [0.25, 0.3) is 0 Å². The van der Waals surface area contributed by atoms with Gasteiger partial charge in [-0.15, -0.1) is 0 Å². The summed E-state index contributed by atoms with van der Waals surface area (Å²) in [4.78, 5) is 16.2. The molecule has 1 aromatic rings. The van der Waals surface area contributed by atoms with E-state index >= 15 is 0 Å². The second-order valence-corrected chi connectivity index (χ2v) is 6.46. The van der Waals surface area contributed by atoms with Crippen molar-refractivity contribution >= 4 is 5.91 Å². The van der Waals surface area contributed by atoms with Gasteiger partial charge in [0, 0.05) is 26.1 Å². The van der Waals surface area contributed by atoms with Gasteiger partial charge in [-0.3, -0.25) is 4.79 Å². The van der Waals surface area contributed by atoms with Crippen molar-refractivity contribution in [3.63, 3.8) is 0 Å². The Morgan fingerprint density at radius 3 is 2.52 bits per heavy atom. The molecule has 21 heavy (non-hydrogen) atoms. The fraction of sp³-hybridized carbons (Fsp3) is 0.611. The first-order valence-electron chi connectivity index (χ1n) is 8.29. The molecule has 0 spiro atoms. The lowest BCUT2D eigenvalue weighted by Gasteiger charge is -2.33. The molecule has 3 nitrogen and oxygen atoms in total. The van der Waals surface area contributed by atoms with Crippen LogP contribution in [0.3, 0.4) is 0 Å². The number of likely N-dealkylation sites (tertiary alicyclic amines) is 2. The summed E-state index contributed by atoms with van der Waals surface area (Å²) >= 11 is 0. The van der Waals surface area contributed by atoms with Gasteiger partial charge in [-0.2, -0.15) is 0 Å². The Hall–Kier alpha value is -1.35. The lowest BCUT2D eigenvalue weighted by molar-refractivity contribution is -0.127. The minimum Gasteiger partial charge on any atom is -0.341 e. The highest BCUT2D eigenvalue weighted by Crippen LogP contribution is 2.29. The molecule has 0 N–H and O–H groups in total. The predicted molar refractivity (Wildman–Crippen MR) is 85.4 cm³/mol. The van der Waals surface area contributed by atoms with E-state index in [1.165, 1.54) is 37.1 Å². The molecule has 0 atom stereocenters. The van der Waals surface area contributed by atoms with Gasteiger partial charge in [-0.1, -0.05) is 24.3 Å². The third-order valence-electron chi connectivity index (χ3n) is 5.07. The molecule has 1 aromatic carbocycles. The first-order valence-corrected chi connectivity index (χ1v) is 8.29. The van der Waals surface area contributed by atoms with Crippen LogP contribution in [-0.2, 0) is 4.79 Å². The summed E-state index contributed by atoms with van der Waals surface area (Å²) in [5.41, 5.74) is 2.96. The third kappa shape index (κ3) is 3.46. The van der Waals surface area contributed by atoms with Crippen LogP contribution < -0.4 is 0 Å². The number of rotatable bonds is 4. The van der Waals surface area contributed by atoms with Gasteiger partial charge < -0.3 is 9.80 Å². The Labute approximate surface area is 127 Å². The first-order chi connectivity index (χ1) is 10.2. The number of hydrogen-bond acceptors (Lipinski definition) is 2. The second-order valence-electron chi connectivity index (χ2n) is 6.46. The van der Waals surface area contributed by atoms with Crippen LogP contribution in [0.4, 0.5) is 0 Å². The van der Waals surface area contributed by atoms with E-state index in [-0.39, 0.29) is 0 Å². The van der Waals surface area contributed by atoms with Crippen molar-refractivity contribution in [2.24, 2.45) is 0 Å². The molecular weight excluding hydrogens is 260 g/mol. The lowest BCUT2D eigenvalue weighted by atomic mass is 9.87. The first kappa shape index (κ1) is 14.6. The summed E-state index contributed by atoms with van der Waals surface area (Å²) in [6.07, 6.45) is 4.31. The highest BCUT2D eigenvalue weighted by Gasteiger charge is 2.24. The molecule has 1 amide bonds. The summed E-state index contributed by atoms with van der Waals surface area (Å²) in [6.45, 7) is 7.50. The highest BCUT2D eigenvalue weighted by molar-refractivity contribution is 5.78. The van der Waals surface area contributed by atoms with E-state index in [1.54, 1.807) is 0 Å². The van der Waals surface area contributed by atoms with Crippen LogP contribution in [0, 0.1) is 6.92 Å². The molecule has 0 unspecified atom stereocenters. The monoisotopic (exact) mass is 286 g/mol. The summed E-state index contributed by atoms with van der Waals surface area (Å²) in [5, 5.41) is 0. The summed E-state index contributed by atoms with van der Waals surface area (Å²) in [5.74, 6) is 1.07. The van der Waals surface area contributed by atoms with E-state index in [4.69, 9.17) is 0 Å². The van der Waals surface area contributed by atoms with E-state index in [9.17, 15) is 4.79 Å². The topological polar surface area (TPSA) is 23.6 Å². The largest absolute Gasteiger partial charge is 0.341 e. The van der Waals surface area contributed by atoms with Crippen LogP contribution in [0.25, 0.3) is 0 Å². The van der Waals surface area contributed by atoms with Crippen molar-refractivity contribution in [2.45, 2.75) is 38.5 Å². The van der Waals surface area contributed by atoms with Crippen LogP contribution in [0.1, 0.15) is 42.7 Å². The number of hydrogen-bond donors (Lipinski definition) is 0. The van der Waals surface area contributed by atoms with Crippen molar-refractivity contribution in [3.8, 4) is 0 Å². The molecule has 0 aliphatic carbocycles. The van der Waals surface area contributed by atoms with Crippen LogP contribution >= 0.6 is 0 Å². The van der Waals surface area contributed by atoms with Crippen LogP contribution in [0.2, 0.25) is 0 Å². The molecule has 3 rings (SSSR count).